The largest absolute Gasteiger partial charge is 0.496 e. The molecule has 0 amide bonds. The molecule has 0 fully saturated rings. The highest BCUT2D eigenvalue weighted by Crippen LogP contribution is 2.21. The Labute approximate surface area is 116 Å². The van der Waals surface area contributed by atoms with Crippen LogP contribution in [0.1, 0.15) is 34.0 Å². The molecular formula is C14H16N2O2S. The average molecular weight is 276 g/mol. The third-order valence-electron chi connectivity index (χ3n) is 2.74. The second-order valence-electron chi connectivity index (χ2n) is 4.27. The number of hydrogen-bond acceptors (Lipinski definition) is 5. The summed E-state index contributed by atoms with van der Waals surface area (Å²) in [7, 11) is 1.60. The molecular weight excluding hydrogens is 260 g/mol. The van der Waals surface area contributed by atoms with Crippen molar-refractivity contribution in [2.45, 2.75) is 19.4 Å². The number of nitrogens with zero attached hydrogens (tertiary/aromatic N) is 1. The standard InChI is InChI=1S/C14H16N2O2S/c1-9(15)14-16-11(8-19-14)12(17)7-10-5-3-4-6-13(10)18-2/h3-6,8-9H,7,15H2,1-2H3. The smallest absolute Gasteiger partial charge is 0.186 e. The SMILES string of the molecule is COc1ccccc1CC(=O)c1csc(C(C)N)n1. The van der Waals surface area contributed by atoms with Crippen molar-refractivity contribution in [3.05, 3.63) is 45.9 Å². The number of methoxy groups -OCH3 is 1. The summed E-state index contributed by atoms with van der Waals surface area (Å²) in [6.45, 7) is 1.85. The minimum Gasteiger partial charge on any atom is -0.496 e. The van der Waals surface area contributed by atoms with Gasteiger partial charge in [0.15, 0.2) is 5.78 Å². The molecule has 0 saturated carbocycles. The molecule has 0 aliphatic heterocycles. The minimum absolute atomic E-state index is 0.0207. The van der Waals surface area contributed by atoms with Gasteiger partial charge < -0.3 is 10.5 Å². The summed E-state index contributed by atoms with van der Waals surface area (Å²) in [5.74, 6) is 0.700. The summed E-state index contributed by atoms with van der Waals surface area (Å²) in [4.78, 5) is 16.4. The summed E-state index contributed by atoms with van der Waals surface area (Å²) in [5.41, 5.74) is 7.08. The number of ether oxygens (including phenoxy) is 1. The first-order chi connectivity index (χ1) is 9.11. The zero-order valence-corrected chi connectivity index (χ0v) is 11.7. The van der Waals surface area contributed by atoms with Crippen molar-refractivity contribution < 1.29 is 9.53 Å². The van der Waals surface area contributed by atoms with Crippen molar-refractivity contribution in [3.63, 3.8) is 0 Å². The fourth-order valence-electron chi connectivity index (χ4n) is 1.74. The van der Waals surface area contributed by atoms with Crippen molar-refractivity contribution in [1.29, 1.82) is 0 Å². The number of carbonyl (C=O) groups is 1. The van der Waals surface area contributed by atoms with Crippen LogP contribution in [0.5, 0.6) is 5.75 Å². The number of para-hydroxylation sites is 1. The van der Waals surface area contributed by atoms with E-state index in [9.17, 15) is 4.79 Å². The summed E-state index contributed by atoms with van der Waals surface area (Å²) in [5, 5.41) is 2.54. The molecule has 19 heavy (non-hydrogen) atoms. The summed E-state index contributed by atoms with van der Waals surface area (Å²) >= 11 is 1.42. The number of ketones is 1. The van der Waals surface area contributed by atoms with Crippen molar-refractivity contribution in [2.75, 3.05) is 7.11 Å². The van der Waals surface area contributed by atoms with Gasteiger partial charge in [-0.25, -0.2) is 4.98 Å². The Hall–Kier alpha value is -1.72. The van der Waals surface area contributed by atoms with E-state index in [1.54, 1.807) is 12.5 Å². The Balaban J connectivity index is 2.16. The molecule has 2 rings (SSSR count). The lowest BCUT2D eigenvalue weighted by Crippen LogP contribution is -2.08. The molecule has 0 spiro atoms. The zero-order valence-electron chi connectivity index (χ0n) is 10.9. The van der Waals surface area contributed by atoms with Gasteiger partial charge in [0.25, 0.3) is 0 Å². The quantitative estimate of drug-likeness (QED) is 0.852. The van der Waals surface area contributed by atoms with Crippen LogP contribution >= 0.6 is 11.3 Å². The lowest BCUT2D eigenvalue weighted by Gasteiger charge is -2.06. The van der Waals surface area contributed by atoms with E-state index in [4.69, 9.17) is 10.5 Å². The first-order valence-corrected chi connectivity index (χ1v) is 6.86. The number of benzene rings is 1. The Kier molecular flexibility index (Phi) is 4.29. The molecule has 0 aliphatic carbocycles. The first kappa shape index (κ1) is 13.7. The lowest BCUT2D eigenvalue weighted by molar-refractivity contribution is 0.0988. The maximum Gasteiger partial charge on any atom is 0.186 e. The number of Topliss-reactive ketones (excluding diaryl/α,β-unsaturated/α-hetero) is 1. The number of hydrogen-bond donors (Lipinski definition) is 1. The van der Waals surface area contributed by atoms with Crippen molar-refractivity contribution in [2.24, 2.45) is 5.73 Å². The predicted molar refractivity (Wildman–Crippen MR) is 75.7 cm³/mol. The Morgan fingerprint density at radius 3 is 2.84 bits per heavy atom. The van der Waals surface area contributed by atoms with Crippen LogP contribution in [-0.4, -0.2) is 17.9 Å². The fraction of sp³-hybridized carbons (Fsp3) is 0.286. The zero-order chi connectivity index (χ0) is 13.8. The molecule has 2 N–H and O–H groups in total. The highest BCUT2D eigenvalue weighted by atomic mass is 32.1. The highest BCUT2D eigenvalue weighted by Gasteiger charge is 2.15. The van der Waals surface area contributed by atoms with Crippen LogP contribution in [-0.2, 0) is 6.42 Å². The summed E-state index contributed by atoms with van der Waals surface area (Å²) in [6.07, 6.45) is 0.284. The second-order valence-corrected chi connectivity index (χ2v) is 5.16. The second kappa shape index (κ2) is 5.95. The first-order valence-electron chi connectivity index (χ1n) is 5.98. The molecule has 100 valence electrons. The molecule has 0 aliphatic rings. The highest BCUT2D eigenvalue weighted by molar-refractivity contribution is 7.09. The summed E-state index contributed by atoms with van der Waals surface area (Å²) in [6, 6.07) is 7.36. The van der Waals surface area contributed by atoms with Crippen molar-refractivity contribution in [1.82, 2.24) is 4.98 Å². The van der Waals surface area contributed by atoms with Gasteiger partial charge in [0, 0.05) is 17.4 Å². The number of rotatable bonds is 5. The van der Waals surface area contributed by atoms with E-state index < -0.39 is 0 Å². The number of nitrogens with two attached hydrogens (primary N) is 1. The average Bonchev–Trinajstić information content (AvgIpc) is 2.89. The van der Waals surface area contributed by atoms with Gasteiger partial charge in [0.1, 0.15) is 16.5 Å². The normalized spacial score (nSPS) is 12.2. The molecule has 1 atom stereocenters. The number of carbonyl (C=O) groups excluding carboxylic acids is 1. The van der Waals surface area contributed by atoms with E-state index in [2.05, 4.69) is 4.98 Å². The molecule has 1 heterocycles. The van der Waals surface area contributed by atoms with Gasteiger partial charge >= 0.3 is 0 Å². The number of thiazole rings is 1. The predicted octanol–water partition coefficient (Wildman–Crippen LogP) is 2.60. The van der Waals surface area contributed by atoms with Gasteiger partial charge in [-0.1, -0.05) is 18.2 Å². The van der Waals surface area contributed by atoms with Gasteiger partial charge in [-0.2, -0.15) is 0 Å². The van der Waals surface area contributed by atoms with E-state index in [0.29, 0.717) is 5.69 Å². The molecule has 1 unspecified atom stereocenters. The van der Waals surface area contributed by atoms with E-state index in [0.717, 1.165) is 16.3 Å². The molecule has 1 aromatic heterocycles. The van der Waals surface area contributed by atoms with E-state index in [-0.39, 0.29) is 18.2 Å². The molecule has 0 saturated heterocycles. The molecule has 5 heteroatoms. The third-order valence-corrected chi connectivity index (χ3v) is 3.79. The van der Waals surface area contributed by atoms with Crippen LogP contribution in [0.2, 0.25) is 0 Å². The van der Waals surface area contributed by atoms with Gasteiger partial charge in [-0.15, -0.1) is 11.3 Å². The van der Waals surface area contributed by atoms with E-state index in [1.807, 2.05) is 31.2 Å². The molecule has 4 nitrogen and oxygen atoms in total. The van der Waals surface area contributed by atoms with Crippen LogP contribution in [0.15, 0.2) is 29.6 Å². The van der Waals surface area contributed by atoms with Gasteiger partial charge in [-0.05, 0) is 13.0 Å². The van der Waals surface area contributed by atoms with Gasteiger partial charge in [-0.3, -0.25) is 4.79 Å². The van der Waals surface area contributed by atoms with Gasteiger partial charge in [0.2, 0.25) is 0 Å². The van der Waals surface area contributed by atoms with Gasteiger partial charge in [0.05, 0.1) is 13.2 Å². The minimum atomic E-state index is -0.141. The number of aromatic nitrogens is 1. The fourth-order valence-corrected chi connectivity index (χ4v) is 2.52. The summed E-state index contributed by atoms with van der Waals surface area (Å²) < 4.78 is 5.24. The topological polar surface area (TPSA) is 65.2 Å². The van der Waals surface area contributed by atoms with Crippen LogP contribution in [0.3, 0.4) is 0 Å². The maximum absolute atomic E-state index is 12.2. The molecule has 1 aromatic carbocycles. The van der Waals surface area contributed by atoms with Crippen molar-refractivity contribution in [3.8, 4) is 5.75 Å². The van der Waals surface area contributed by atoms with E-state index in [1.165, 1.54) is 11.3 Å². The molecule has 2 aromatic rings. The van der Waals surface area contributed by atoms with Crippen molar-refractivity contribution >= 4 is 17.1 Å². The van der Waals surface area contributed by atoms with Crippen LogP contribution in [0.4, 0.5) is 0 Å². The molecule has 0 bridgehead atoms. The van der Waals surface area contributed by atoms with Crippen LogP contribution in [0, 0.1) is 0 Å². The van der Waals surface area contributed by atoms with Crippen LogP contribution in [0.25, 0.3) is 0 Å². The lowest BCUT2D eigenvalue weighted by atomic mass is 10.1. The Morgan fingerprint density at radius 2 is 2.21 bits per heavy atom. The monoisotopic (exact) mass is 276 g/mol. The Bertz CT molecular complexity index is 578. The Morgan fingerprint density at radius 1 is 1.47 bits per heavy atom. The van der Waals surface area contributed by atoms with Crippen LogP contribution < -0.4 is 10.5 Å². The maximum atomic E-state index is 12.2. The van der Waals surface area contributed by atoms with E-state index >= 15 is 0 Å². The third kappa shape index (κ3) is 3.19. The molecule has 0 radical (unpaired) electrons.